The van der Waals surface area contributed by atoms with Crippen LogP contribution in [0.4, 0.5) is 0 Å². The molecule has 0 amide bonds. The highest BCUT2D eigenvalue weighted by Gasteiger charge is 2.09. The summed E-state index contributed by atoms with van der Waals surface area (Å²) in [7, 11) is 0. The van der Waals surface area contributed by atoms with E-state index in [-0.39, 0.29) is 12.1 Å². The first-order valence-corrected chi connectivity index (χ1v) is 2.47. The molecule has 2 heteroatoms. The van der Waals surface area contributed by atoms with Gasteiger partial charge in [-0.1, -0.05) is 18.2 Å². The lowest BCUT2D eigenvalue weighted by Gasteiger charge is -2.11. The molecule has 43 valence electrons. The molecule has 0 spiro atoms. The van der Waals surface area contributed by atoms with Crippen molar-refractivity contribution in [3.05, 3.63) is 30.4 Å². The Labute approximate surface area is 48.3 Å². The fraction of sp³-hybridized carbons (Fsp3) is 0.167. The van der Waals surface area contributed by atoms with Crippen molar-refractivity contribution >= 4 is 0 Å². The lowest BCUT2D eigenvalue weighted by atomic mass is 10.1. The molecule has 0 fully saturated rings. The topological polar surface area (TPSA) is 46.2 Å². The van der Waals surface area contributed by atoms with Gasteiger partial charge >= 0.3 is 0 Å². The smallest absolute Gasteiger partial charge is 0.136 e. The zero-order valence-corrected chi connectivity index (χ0v) is 4.41. The third-order valence-corrected chi connectivity index (χ3v) is 1.04. The molecule has 1 unspecified atom stereocenters. The zero-order valence-electron chi connectivity index (χ0n) is 4.41. The summed E-state index contributed by atoms with van der Waals surface area (Å²) in [5.41, 5.74) is 5.35. The van der Waals surface area contributed by atoms with Gasteiger partial charge in [-0.2, -0.15) is 0 Å². The van der Waals surface area contributed by atoms with E-state index in [1.54, 1.807) is 18.2 Å². The van der Waals surface area contributed by atoms with Crippen LogP contribution in [0, 0.1) is 6.10 Å². The van der Waals surface area contributed by atoms with Crippen LogP contribution in [0.1, 0.15) is 0 Å². The predicted octanol–water partition coefficient (Wildman–Crippen LogP) is 0.344. The minimum absolute atomic E-state index is 0.229. The van der Waals surface area contributed by atoms with Crippen molar-refractivity contribution in [2.45, 2.75) is 6.04 Å². The molecule has 0 saturated heterocycles. The molecule has 1 radical (unpaired) electrons. The number of rotatable bonds is 0. The monoisotopic (exact) mass is 110 g/mol. The summed E-state index contributed by atoms with van der Waals surface area (Å²) in [6.45, 7) is 0. The first-order chi connectivity index (χ1) is 3.80. The van der Waals surface area contributed by atoms with E-state index in [4.69, 9.17) is 10.8 Å². The zero-order chi connectivity index (χ0) is 5.98. The van der Waals surface area contributed by atoms with Crippen molar-refractivity contribution in [3.63, 3.8) is 0 Å². The highest BCUT2D eigenvalue weighted by atomic mass is 16.3. The average molecular weight is 110 g/mol. The van der Waals surface area contributed by atoms with E-state index in [9.17, 15) is 0 Å². The predicted molar refractivity (Wildman–Crippen MR) is 31.4 cm³/mol. The lowest BCUT2D eigenvalue weighted by Crippen LogP contribution is -2.25. The van der Waals surface area contributed by atoms with E-state index < -0.39 is 0 Å². The number of allylic oxidation sites excluding steroid dienone is 2. The third-order valence-electron chi connectivity index (χ3n) is 1.04. The molecule has 0 aromatic heterocycles. The minimum atomic E-state index is -0.292. The molecular weight excluding hydrogens is 102 g/mol. The summed E-state index contributed by atoms with van der Waals surface area (Å²) >= 11 is 0. The maximum absolute atomic E-state index is 8.83. The van der Waals surface area contributed by atoms with Crippen LogP contribution >= 0.6 is 0 Å². The van der Waals surface area contributed by atoms with Gasteiger partial charge < -0.3 is 10.8 Å². The third kappa shape index (κ3) is 0.967. The average Bonchev–Trinajstić information content (AvgIpc) is 1.77. The Hall–Kier alpha value is -0.600. The maximum Gasteiger partial charge on any atom is 0.136 e. The van der Waals surface area contributed by atoms with Gasteiger partial charge in [-0.15, -0.1) is 0 Å². The molecule has 0 heterocycles. The van der Waals surface area contributed by atoms with Crippen molar-refractivity contribution in [2.75, 3.05) is 0 Å². The number of hydrogen-bond donors (Lipinski definition) is 2. The van der Waals surface area contributed by atoms with Crippen LogP contribution in [0.25, 0.3) is 0 Å². The van der Waals surface area contributed by atoms with Crippen molar-refractivity contribution in [3.8, 4) is 0 Å². The Kier molecular flexibility index (Phi) is 1.46. The molecule has 0 aliphatic heterocycles. The van der Waals surface area contributed by atoms with Crippen molar-refractivity contribution in [1.82, 2.24) is 0 Å². The van der Waals surface area contributed by atoms with E-state index >= 15 is 0 Å². The summed E-state index contributed by atoms with van der Waals surface area (Å²) in [4.78, 5) is 0. The van der Waals surface area contributed by atoms with E-state index in [0.29, 0.717) is 0 Å². The van der Waals surface area contributed by atoms with E-state index in [1.165, 1.54) is 0 Å². The summed E-state index contributed by atoms with van der Waals surface area (Å²) < 4.78 is 0. The van der Waals surface area contributed by atoms with Gasteiger partial charge in [0.05, 0.1) is 6.04 Å². The quantitative estimate of drug-likeness (QED) is 0.472. The van der Waals surface area contributed by atoms with Gasteiger partial charge in [0.25, 0.3) is 0 Å². The first-order valence-electron chi connectivity index (χ1n) is 2.47. The van der Waals surface area contributed by atoms with Gasteiger partial charge in [0.2, 0.25) is 0 Å². The van der Waals surface area contributed by atoms with E-state index in [2.05, 4.69) is 0 Å². The Morgan fingerprint density at radius 2 is 2.25 bits per heavy atom. The van der Waals surface area contributed by atoms with E-state index in [0.717, 1.165) is 0 Å². The summed E-state index contributed by atoms with van der Waals surface area (Å²) in [5, 5.41) is 8.83. The molecule has 0 bridgehead atoms. The molecule has 0 saturated carbocycles. The van der Waals surface area contributed by atoms with Crippen LogP contribution in [0.3, 0.4) is 0 Å². The molecule has 1 rings (SSSR count). The Bertz CT molecular complexity index is 112. The van der Waals surface area contributed by atoms with Gasteiger partial charge in [-0.3, -0.25) is 0 Å². The second-order valence-corrected chi connectivity index (χ2v) is 1.69. The normalized spacial score (nSPS) is 29.0. The maximum atomic E-state index is 8.83. The van der Waals surface area contributed by atoms with Crippen LogP contribution in [0.5, 0.6) is 0 Å². The molecule has 0 aromatic rings. The van der Waals surface area contributed by atoms with Crippen LogP contribution in [0.2, 0.25) is 0 Å². The molecule has 8 heavy (non-hydrogen) atoms. The van der Waals surface area contributed by atoms with Gasteiger partial charge in [0.1, 0.15) is 6.10 Å². The second-order valence-electron chi connectivity index (χ2n) is 1.69. The molecule has 1 aliphatic carbocycles. The number of nitrogens with two attached hydrogens (primary N) is 1. The Balaban J connectivity index is 2.59. The summed E-state index contributed by atoms with van der Waals surface area (Å²) in [6.07, 6.45) is 7.11. The largest absolute Gasteiger partial charge is 0.380 e. The Morgan fingerprint density at radius 3 is 2.62 bits per heavy atom. The van der Waals surface area contributed by atoms with Crippen LogP contribution in [-0.4, -0.2) is 11.1 Å². The fourth-order valence-electron chi connectivity index (χ4n) is 0.548. The van der Waals surface area contributed by atoms with Crippen molar-refractivity contribution in [1.29, 1.82) is 0 Å². The Morgan fingerprint density at radius 1 is 1.50 bits per heavy atom. The second kappa shape index (κ2) is 2.11. The number of aliphatic hydroxyl groups excluding tert-OH is 1. The van der Waals surface area contributed by atoms with Gasteiger partial charge in [0.15, 0.2) is 0 Å². The number of aliphatic hydroxyl groups is 1. The highest BCUT2D eigenvalue weighted by Crippen LogP contribution is 2.07. The first kappa shape index (κ1) is 5.54. The molecule has 3 N–H and O–H groups in total. The van der Waals surface area contributed by atoms with Crippen LogP contribution in [0.15, 0.2) is 24.3 Å². The van der Waals surface area contributed by atoms with E-state index in [1.807, 2.05) is 6.08 Å². The standard InChI is InChI=1S/C6H8NO/c7-5-3-1-2-4-6(5)8/h1-5,8H,7H2. The molecule has 2 nitrogen and oxygen atoms in total. The number of hydrogen-bond acceptors (Lipinski definition) is 2. The van der Waals surface area contributed by atoms with Gasteiger partial charge in [-0.25, -0.2) is 0 Å². The van der Waals surface area contributed by atoms with Crippen LogP contribution < -0.4 is 5.73 Å². The van der Waals surface area contributed by atoms with Gasteiger partial charge in [0, 0.05) is 0 Å². The lowest BCUT2D eigenvalue weighted by molar-refractivity contribution is 0.313. The van der Waals surface area contributed by atoms with Crippen molar-refractivity contribution < 1.29 is 5.11 Å². The molecular formula is C6H8NO. The molecule has 0 aromatic carbocycles. The highest BCUT2D eigenvalue weighted by molar-refractivity contribution is 5.25. The van der Waals surface area contributed by atoms with Gasteiger partial charge in [-0.05, 0) is 6.08 Å². The van der Waals surface area contributed by atoms with Crippen LogP contribution in [-0.2, 0) is 0 Å². The minimum Gasteiger partial charge on any atom is -0.380 e. The van der Waals surface area contributed by atoms with Crippen molar-refractivity contribution in [2.24, 2.45) is 5.73 Å². The molecule has 1 atom stereocenters. The SMILES string of the molecule is NC1C=CC=C[C]1O. The summed E-state index contributed by atoms with van der Waals surface area (Å²) in [5.74, 6) is 0. The summed E-state index contributed by atoms with van der Waals surface area (Å²) in [6, 6.07) is -0.292. The fourth-order valence-corrected chi connectivity index (χ4v) is 0.548. The molecule has 1 aliphatic rings.